The third-order valence-electron chi connectivity index (χ3n) is 3.62. The van der Waals surface area contributed by atoms with Crippen LogP contribution in [-0.4, -0.2) is 54.3 Å². The summed E-state index contributed by atoms with van der Waals surface area (Å²) in [5.74, 6) is -0.457. The molecule has 0 aromatic rings. The Balaban J connectivity index is 2.57. The molecule has 1 unspecified atom stereocenters. The normalized spacial score (nSPS) is 21.3. The second-order valence-electron chi connectivity index (χ2n) is 5.25. The van der Waals surface area contributed by atoms with E-state index in [0.717, 1.165) is 24.2 Å². The number of hydrogen-bond acceptors (Lipinski definition) is 5. The number of likely N-dealkylation sites (N-methyl/N-ethyl adjacent to an activating group) is 2. The number of imide groups is 1. The van der Waals surface area contributed by atoms with Crippen LogP contribution in [0.5, 0.6) is 0 Å². The minimum Gasteiger partial charge on any atom is -0.283 e. The van der Waals surface area contributed by atoms with Crippen molar-refractivity contribution in [3.63, 3.8) is 0 Å². The Labute approximate surface area is 125 Å². The number of aliphatic imine (C=N–C) groups is 1. The lowest BCUT2D eigenvalue weighted by atomic mass is 10.1. The molecular weight excluding hydrogens is 272 g/mol. The molecule has 3 amide bonds. The largest absolute Gasteiger partial charge is 0.331 e. The molecule has 0 spiro atoms. The van der Waals surface area contributed by atoms with Crippen LogP contribution in [-0.2, 0) is 4.79 Å². The molecule has 0 saturated carbocycles. The highest BCUT2D eigenvalue weighted by Gasteiger charge is 2.41. The van der Waals surface area contributed by atoms with Crippen molar-refractivity contribution in [2.24, 2.45) is 10.2 Å². The van der Waals surface area contributed by atoms with E-state index < -0.39 is 18.0 Å². The van der Waals surface area contributed by atoms with Gasteiger partial charge in [0.2, 0.25) is 6.04 Å². The molecular formula is C14H24N4O3. The lowest BCUT2D eigenvalue weighted by molar-refractivity contribution is -0.128. The second kappa shape index (κ2) is 8.49. The van der Waals surface area contributed by atoms with Crippen LogP contribution in [0.4, 0.5) is 4.79 Å². The predicted molar refractivity (Wildman–Crippen MR) is 81.2 cm³/mol. The van der Waals surface area contributed by atoms with Crippen LogP contribution in [0, 0.1) is 4.91 Å². The second-order valence-corrected chi connectivity index (χ2v) is 5.25. The van der Waals surface area contributed by atoms with Crippen LogP contribution in [0.2, 0.25) is 0 Å². The summed E-state index contributed by atoms with van der Waals surface area (Å²) in [6.07, 6.45) is 6.76. The van der Waals surface area contributed by atoms with Gasteiger partial charge in [0.25, 0.3) is 5.91 Å². The smallest absolute Gasteiger partial charge is 0.283 e. The number of nitroso groups, excluding NO2 is 1. The average Bonchev–Trinajstić information content (AvgIpc) is 2.49. The molecule has 7 heteroatoms. The number of amidine groups is 1. The van der Waals surface area contributed by atoms with E-state index >= 15 is 0 Å². The van der Waals surface area contributed by atoms with Gasteiger partial charge in [0.05, 0.1) is 0 Å². The summed E-state index contributed by atoms with van der Waals surface area (Å²) in [5, 5.41) is 2.82. The van der Waals surface area contributed by atoms with E-state index in [1.54, 1.807) is 0 Å². The highest BCUT2D eigenvalue weighted by atomic mass is 16.3. The summed E-state index contributed by atoms with van der Waals surface area (Å²) >= 11 is 0. The first-order chi connectivity index (χ1) is 10.0. The molecule has 0 bridgehead atoms. The van der Waals surface area contributed by atoms with E-state index in [1.165, 1.54) is 38.3 Å². The lowest BCUT2D eigenvalue weighted by Crippen LogP contribution is -2.59. The number of hydrogen-bond donors (Lipinski definition) is 0. The van der Waals surface area contributed by atoms with Gasteiger partial charge in [-0.3, -0.25) is 19.6 Å². The van der Waals surface area contributed by atoms with Crippen LogP contribution in [0.1, 0.15) is 45.4 Å². The molecule has 1 aliphatic heterocycles. The van der Waals surface area contributed by atoms with Crippen molar-refractivity contribution >= 4 is 17.8 Å². The van der Waals surface area contributed by atoms with Gasteiger partial charge in [0, 0.05) is 20.6 Å². The van der Waals surface area contributed by atoms with Crippen molar-refractivity contribution in [2.75, 3.05) is 20.6 Å². The molecule has 1 saturated heterocycles. The molecule has 0 N–H and O–H groups in total. The monoisotopic (exact) mass is 296 g/mol. The minimum atomic E-state index is -1.21. The Bertz CT molecular complexity index is 422. The molecule has 7 nitrogen and oxygen atoms in total. The van der Waals surface area contributed by atoms with E-state index in [0.29, 0.717) is 6.54 Å². The average molecular weight is 296 g/mol. The quantitative estimate of drug-likeness (QED) is 0.509. The first-order valence-electron chi connectivity index (χ1n) is 7.46. The van der Waals surface area contributed by atoms with Crippen molar-refractivity contribution < 1.29 is 9.59 Å². The predicted octanol–water partition coefficient (Wildman–Crippen LogP) is 2.40. The van der Waals surface area contributed by atoms with Crippen molar-refractivity contribution in [1.82, 2.24) is 9.80 Å². The lowest BCUT2D eigenvalue weighted by Gasteiger charge is -2.32. The van der Waals surface area contributed by atoms with Gasteiger partial charge in [-0.25, -0.2) is 4.79 Å². The van der Waals surface area contributed by atoms with Gasteiger partial charge in [-0.1, -0.05) is 39.0 Å². The summed E-state index contributed by atoms with van der Waals surface area (Å²) in [6, 6.07) is -1.70. The van der Waals surface area contributed by atoms with Gasteiger partial charge in [0.15, 0.2) is 0 Å². The van der Waals surface area contributed by atoms with Crippen molar-refractivity contribution in [3.8, 4) is 0 Å². The van der Waals surface area contributed by atoms with Gasteiger partial charge in [0.1, 0.15) is 5.84 Å². The zero-order valence-electron chi connectivity index (χ0n) is 13.0. The third kappa shape index (κ3) is 4.34. The number of carbonyl (C=O) groups excluding carboxylic acids is 2. The maximum atomic E-state index is 11.8. The Morgan fingerprint density at radius 1 is 1.00 bits per heavy atom. The van der Waals surface area contributed by atoms with Gasteiger partial charge < -0.3 is 0 Å². The maximum absolute atomic E-state index is 11.8. The molecule has 1 heterocycles. The van der Waals surface area contributed by atoms with Gasteiger partial charge in [-0.2, -0.15) is 0 Å². The first-order valence-corrected chi connectivity index (χ1v) is 7.46. The number of amides is 3. The molecule has 118 valence electrons. The fraction of sp³-hybridized carbons (Fsp3) is 0.786. The fourth-order valence-corrected chi connectivity index (χ4v) is 2.27. The van der Waals surface area contributed by atoms with Crippen molar-refractivity contribution in [3.05, 3.63) is 4.91 Å². The summed E-state index contributed by atoms with van der Waals surface area (Å²) in [6.45, 7) is 2.67. The molecule has 21 heavy (non-hydrogen) atoms. The molecule has 1 aliphatic rings. The number of rotatable bonds is 8. The summed E-state index contributed by atoms with van der Waals surface area (Å²) in [4.78, 5) is 40.9. The van der Waals surface area contributed by atoms with E-state index in [-0.39, 0.29) is 5.84 Å². The molecule has 1 fully saturated rings. The molecule has 0 aromatic heterocycles. The van der Waals surface area contributed by atoms with Gasteiger partial charge in [-0.15, -0.1) is 4.91 Å². The van der Waals surface area contributed by atoms with E-state index in [1.807, 2.05) is 0 Å². The zero-order valence-corrected chi connectivity index (χ0v) is 13.0. The fourth-order valence-electron chi connectivity index (χ4n) is 2.27. The standard InChI is InChI=1S/C14H24N4O3/c1-4-5-6-7-8-9-10-15-12-11(16-21)13(19)18(3)14(20)17(12)2/h11H,4-10H2,1-3H3. The van der Waals surface area contributed by atoms with Crippen LogP contribution in [0.25, 0.3) is 0 Å². The zero-order chi connectivity index (χ0) is 15.8. The Hall–Kier alpha value is -1.79. The van der Waals surface area contributed by atoms with Crippen LogP contribution in [0.15, 0.2) is 10.2 Å². The van der Waals surface area contributed by atoms with Crippen LogP contribution in [0.3, 0.4) is 0 Å². The van der Waals surface area contributed by atoms with Gasteiger partial charge >= 0.3 is 6.03 Å². The molecule has 1 atom stereocenters. The minimum absolute atomic E-state index is 0.159. The Morgan fingerprint density at radius 3 is 2.24 bits per heavy atom. The van der Waals surface area contributed by atoms with E-state index in [9.17, 15) is 14.5 Å². The van der Waals surface area contributed by atoms with E-state index in [2.05, 4.69) is 17.1 Å². The number of carbonyl (C=O) groups is 2. The Morgan fingerprint density at radius 2 is 1.62 bits per heavy atom. The molecule has 1 rings (SSSR count). The third-order valence-corrected chi connectivity index (χ3v) is 3.62. The molecule has 0 aliphatic carbocycles. The number of urea groups is 1. The first kappa shape index (κ1) is 17.3. The highest BCUT2D eigenvalue weighted by molar-refractivity contribution is 6.20. The SMILES string of the molecule is CCCCCCCCN=C1C(N=O)C(=O)N(C)C(=O)N1C. The molecule has 0 radical (unpaired) electrons. The maximum Gasteiger partial charge on any atom is 0.331 e. The van der Waals surface area contributed by atoms with Crippen LogP contribution < -0.4 is 0 Å². The topological polar surface area (TPSA) is 82.4 Å². The number of unbranched alkanes of at least 4 members (excludes halogenated alkanes) is 5. The summed E-state index contributed by atoms with van der Waals surface area (Å²) < 4.78 is 0. The van der Waals surface area contributed by atoms with E-state index in [4.69, 9.17) is 0 Å². The Kier molecular flexibility index (Phi) is 6.98. The summed E-state index contributed by atoms with van der Waals surface area (Å²) in [5.41, 5.74) is 0. The van der Waals surface area contributed by atoms with Crippen molar-refractivity contribution in [1.29, 1.82) is 0 Å². The van der Waals surface area contributed by atoms with Gasteiger partial charge in [-0.05, 0) is 11.6 Å². The van der Waals surface area contributed by atoms with Crippen LogP contribution >= 0.6 is 0 Å². The molecule has 0 aromatic carbocycles. The number of nitrogens with zero attached hydrogens (tertiary/aromatic N) is 4. The van der Waals surface area contributed by atoms with Crippen molar-refractivity contribution in [2.45, 2.75) is 51.5 Å². The highest BCUT2D eigenvalue weighted by Crippen LogP contribution is 2.14. The summed E-state index contributed by atoms with van der Waals surface area (Å²) in [7, 11) is 2.84.